The van der Waals surface area contributed by atoms with E-state index >= 15 is 0 Å². The van der Waals surface area contributed by atoms with Gasteiger partial charge in [-0.3, -0.25) is 4.79 Å². The summed E-state index contributed by atoms with van der Waals surface area (Å²) in [5.74, 6) is 2.66. The summed E-state index contributed by atoms with van der Waals surface area (Å²) in [7, 11) is 2.00. The molecule has 5 nitrogen and oxygen atoms in total. The zero-order valence-corrected chi connectivity index (χ0v) is 14.2. The normalized spacial score (nSPS) is 15.0. The summed E-state index contributed by atoms with van der Waals surface area (Å²) in [4.78, 5) is 20.9. The SMILES string of the molecule is Cn1ccnc1N1CCN(C(=O)CSCc2ccccc2)CC1. The van der Waals surface area contributed by atoms with Gasteiger partial charge < -0.3 is 14.4 Å². The van der Waals surface area contributed by atoms with Crippen LogP contribution in [-0.2, 0) is 17.6 Å². The number of carbonyl (C=O) groups is 1. The van der Waals surface area contributed by atoms with E-state index in [4.69, 9.17) is 0 Å². The van der Waals surface area contributed by atoms with Crippen molar-refractivity contribution in [3.05, 3.63) is 48.3 Å². The molecule has 0 atom stereocenters. The molecule has 1 aliphatic rings. The van der Waals surface area contributed by atoms with E-state index in [1.54, 1.807) is 11.8 Å². The molecule has 0 saturated carbocycles. The molecule has 0 N–H and O–H groups in total. The summed E-state index contributed by atoms with van der Waals surface area (Å²) in [6.07, 6.45) is 3.76. The van der Waals surface area contributed by atoms with Gasteiger partial charge in [-0.1, -0.05) is 30.3 Å². The van der Waals surface area contributed by atoms with Crippen molar-refractivity contribution in [2.24, 2.45) is 7.05 Å². The van der Waals surface area contributed by atoms with Gasteiger partial charge in [0.1, 0.15) is 0 Å². The number of rotatable bonds is 5. The molecule has 0 unspecified atom stereocenters. The second-order valence-electron chi connectivity index (χ2n) is 5.68. The number of piperazine rings is 1. The van der Waals surface area contributed by atoms with Gasteiger partial charge in [-0.05, 0) is 5.56 Å². The third kappa shape index (κ3) is 4.07. The van der Waals surface area contributed by atoms with Crippen LogP contribution in [-0.4, -0.2) is 52.3 Å². The van der Waals surface area contributed by atoms with Gasteiger partial charge in [-0.25, -0.2) is 4.98 Å². The number of carbonyl (C=O) groups excluding carboxylic acids is 1. The van der Waals surface area contributed by atoms with Crippen LogP contribution in [0.1, 0.15) is 5.56 Å². The number of aromatic nitrogens is 2. The van der Waals surface area contributed by atoms with Crippen LogP contribution in [0.4, 0.5) is 5.95 Å². The first-order chi connectivity index (χ1) is 11.2. The predicted molar refractivity (Wildman–Crippen MR) is 94.6 cm³/mol. The highest BCUT2D eigenvalue weighted by molar-refractivity contribution is 7.99. The maximum Gasteiger partial charge on any atom is 0.232 e. The number of aryl methyl sites for hydroxylation is 1. The van der Waals surface area contributed by atoms with Crippen LogP contribution in [0.3, 0.4) is 0 Å². The number of nitrogens with zero attached hydrogens (tertiary/aromatic N) is 4. The molecule has 0 spiro atoms. The van der Waals surface area contributed by atoms with Crippen molar-refractivity contribution in [1.82, 2.24) is 14.5 Å². The fourth-order valence-corrected chi connectivity index (χ4v) is 3.63. The third-order valence-electron chi connectivity index (χ3n) is 4.05. The molecular formula is C17H22N4OS. The topological polar surface area (TPSA) is 41.4 Å². The largest absolute Gasteiger partial charge is 0.339 e. The third-order valence-corrected chi connectivity index (χ3v) is 5.04. The maximum absolute atomic E-state index is 12.3. The van der Waals surface area contributed by atoms with Gasteiger partial charge in [0, 0.05) is 51.4 Å². The van der Waals surface area contributed by atoms with Crippen molar-refractivity contribution in [3.8, 4) is 0 Å². The Morgan fingerprint density at radius 2 is 1.91 bits per heavy atom. The molecule has 2 aromatic rings. The van der Waals surface area contributed by atoms with Gasteiger partial charge >= 0.3 is 0 Å². The zero-order chi connectivity index (χ0) is 16.1. The molecule has 1 aromatic heterocycles. The van der Waals surface area contributed by atoms with Gasteiger partial charge in [0.2, 0.25) is 11.9 Å². The van der Waals surface area contributed by atoms with Crippen LogP contribution >= 0.6 is 11.8 Å². The minimum atomic E-state index is 0.241. The lowest BCUT2D eigenvalue weighted by atomic mass is 10.2. The van der Waals surface area contributed by atoms with Crippen LogP contribution in [0.5, 0.6) is 0 Å². The van der Waals surface area contributed by atoms with Gasteiger partial charge in [0.25, 0.3) is 0 Å². The van der Waals surface area contributed by atoms with Crippen molar-refractivity contribution in [2.75, 3.05) is 36.8 Å². The Morgan fingerprint density at radius 1 is 1.17 bits per heavy atom. The van der Waals surface area contributed by atoms with Crippen molar-refractivity contribution in [2.45, 2.75) is 5.75 Å². The highest BCUT2D eigenvalue weighted by atomic mass is 32.2. The summed E-state index contributed by atoms with van der Waals surface area (Å²) in [6, 6.07) is 10.3. The summed E-state index contributed by atoms with van der Waals surface area (Å²) >= 11 is 1.69. The van der Waals surface area contributed by atoms with E-state index in [0.29, 0.717) is 5.75 Å². The molecule has 1 aromatic carbocycles. The van der Waals surface area contributed by atoms with E-state index in [-0.39, 0.29) is 5.91 Å². The van der Waals surface area contributed by atoms with Crippen LogP contribution in [0, 0.1) is 0 Å². The molecule has 0 aliphatic carbocycles. The number of hydrogen-bond donors (Lipinski definition) is 0. The molecule has 1 fully saturated rings. The first-order valence-corrected chi connectivity index (χ1v) is 9.01. The van der Waals surface area contributed by atoms with Crippen molar-refractivity contribution in [3.63, 3.8) is 0 Å². The van der Waals surface area contributed by atoms with Crippen LogP contribution in [0.25, 0.3) is 0 Å². The fourth-order valence-electron chi connectivity index (χ4n) is 2.74. The number of amides is 1. The molecule has 0 radical (unpaired) electrons. The Hall–Kier alpha value is -1.95. The molecular weight excluding hydrogens is 308 g/mol. The molecule has 1 aliphatic heterocycles. The van der Waals surface area contributed by atoms with Crippen LogP contribution in [0.15, 0.2) is 42.7 Å². The standard InChI is InChI=1S/C17H22N4OS/c1-19-8-7-18-17(19)21-11-9-20(10-12-21)16(22)14-23-13-15-5-3-2-4-6-15/h2-8H,9-14H2,1H3. The Bertz CT molecular complexity index is 635. The minimum Gasteiger partial charge on any atom is -0.339 e. The molecule has 6 heteroatoms. The number of hydrogen-bond acceptors (Lipinski definition) is 4. The van der Waals surface area contributed by atoms with E-state index in [1.165, 1.54) is 5.56 Å². The van der Waals surface area contributed by atoms with Crippen molar-refractivity contribution < 1.29 is 4.79 Å². The highest BCUT2D eigenvalue weighted by Crippen LogP contribution is 2.15. The molecule has 2 heterocycles. The van der Waals surface area contributed by atoms with E-state index in [2.05, 4.69) is 22.0 Å². The second kappa shape index (κ2) is 7.55. The Balaban J connectivity index is 1.42. The molecule has 23 heavy (non-hydrogen) atoms. The average molecular weight is 330 g/mol. The van der Waals surface area contributed by atoms with Gasteiger partial charge in [0.15, 0.2) is 0 Å². The van der Waals surface area contributed by atoms with Gasteiger partial charge in [0.05, 0.1) is 5.75 Å². The molecule has 0 bridgehead atoms. The number of anilines is 1. The lowest BCUT2D eigenvalue weighted by Crippen LogP contribution is -2.50. The summed E-state index contributed by atoms with van der Waals surface area (Å²) in [6.45, 7) is 3.25. The average Bonchev–Trinajstić information content (AvgIpc) is 3.02. The van der Waals surface area contributed by atoms with Crippen LogP contribution < -0.4 is 4.90 Å². The quantitative estimate of drug-likeness (QED) is 0.841. The summed E-state index contributed by atoms with van der Waals surface area (Å²) in [5, 5.41) is 0. The van der Waals surface area contributed by atoms with Gasteiger partial charge in [-0.2, -0.15) is 0 Å². The maximum atomic E-state index is 12.3. The Morgan fingerprint density at radius 3 is 2.57 bits per heavy atom. The van der Waals surface area contributed by atoms with Crippen LogP contribution in [0.2, 0.25) is 0 Å². The Labute approximate surface area is 141 Å². The van der Waals surface area contributed by atoms with E-state index < -0.39 is 0 Å². The van der Waals surface area contributed by atoms with Gasteiger partial charge in [-0.15, -0.1) is 11.8 Å². The summed E-state index contributed by atoms with van der Waals surface area (Å²) < 4.78 is 2.02. The lowest BCUT2D eigenvalue weighted by molar-refractivity contribution is -0.128. The predicted octanol–water partition coefficient (Wildman–Crippen LogP) is 2.00. The molecule has 3 rings (SSSR count). The van der Waals surface area contributed by atoms with Crippen molar-refractivity contribution >= 4 is 23.6 Å². The monoisotopic (exact) mass is 330 g/mol. The smallest absolute Gasteiger partial charge is 0.232 e. The second-order valence-corrected chi connectivity index (χ2v) is 6.67. The molecule has 1 amide bonds. The number of benzene rings is 1. The number of imidazole rings is 1. The first kappa shape index (κ1) is 15.9. The van der Waals surface area contributed by atoms with E-state index in [0.717, 1.165) is 37.9 Å². The first-order valence-electron chi connectivity index (χ1n) is 7.86. The fraction of sp³-hybridized carbons (Fsp3) is 0.412. The van der Waals surface area contributed by atoms with Crippen molar-refractivity contribution in [1.29, 1.82) is 0 Å². The molecule has 122 valence electrons. The van der Waals surface area contributed by atoms with E-state index in [9.17, 15) is 4.79 Å². The molecule has 1 saturated heterocycles. The minimum absolute atomic E-state index is 0.241. The lowest BCUT2D eigenvalue weighted by Gasteiger charge is -2.35. The number of thioether (sulfide) groups is 1. The summed E-state index contributed by atoms with van der Waals surface area (Å²) in [5.41, 5.74) is 1.27. The zero-order valence-electron chi connectivity index (χ0n) is 13.4. The highest BCUT2D eigenvalue weighted by Gasteiger charge is 2.22. The van der Waals surface area contributed by atoms with E-state index in [1.807, 2.05) is 47.1 Å². The Kier molecular flexibility index (Phi) is 5.23.